The van der Waals surface area contributed by atoms with Gasteiger partial charge in [-0.25, -0.2) is 0 Å². The Morgan fingerprint density at radius 3 is 2.72 bits per heavy atom. The van der Waals surface area contributed by atoms with E-state index >= 15 is 0 Å². The van der Waals surface area contributed by atoms with Crippen LogP contribution in [0.2, 0.25) is 0 Å². The van der Waals surface area contributed by atoms with Gasteiger partial charge >= 0.3 is 0 Å². The minimum atomic E-state index is -0.730. The Balaban J connectivity index is 1.77. The lowest BCUT2D eigenvalue weighted by Gasteiger charge is -2.42. The number of aromatic nitrogens is 1. The van der Waals surface area contributed by atoms with E-state index in [1.54, 1.807) is 0 Å². The zero-order chi connectivity index (χ0) is 20.3. The molecular weight excluding hydrogens is 426 g/mol. The van der Waals surface area contributed by atoms with Crippen molar-refractivity contribution in [1.29, 1.82) is 5.26 Å². The smallest absolute Gasteiger partial charge is 0.140 e. The van der Waals surface area contributed by atoms with Crippen molar-refractivity contribution in [3.05, 3.63) is 63.9 Å². The molecule has 1 unspecified atom stereocenters. The fourth-order valence-electron chi connectivity index (χ4n) is 4.73. The fourth-order valence-corrected chi connectivity index (χ4v) is 5.16. The van der Waals surface area contributed by atoms with Crippen LogP contribution in [0.3, 0.4) is 0 Å². The number of hydrogen-bond acceptors (Lipinski definition) is 5. The van der Waals surface area contributed by atoms with Crippen molar-refractivity contribution >= 4 is 15.9 Å². The van der Waals surface area contributed by atoms with Crippen molar-refractivity contribution in [2.75, 3.05) is 39.8 Å². The van der Waals surface area contributed by atoms with Gasteiger partial charge in [-0.1, -0.05) is 34.1 Å². The summed E-state index contributed by atoms with van der Waals surface area (Å²) in [5.41, 5.74) is 2.66. The molecular formula is C23H28BrN5. The predicted octanol–water partition coefficient (Wildman–Crippen LogP) is 3.48. The predicted molar refractivity (Wildman–Crippen MR) is 118 cm³/mol. The second kappa shape index (κ2) is 8.93. The van der Waals surface area contributed by atoms with E-state index in [-0.39, 0.29) is 0 Å². The summed E-state index contributed by atoms with van der Waals surface area (Å²) in [5.74, 6) is 0. The van der Waals surface area contributed by atoms with E-state index in [0.717, 1.165) is 54.7 Å². The third-order valence-corrected chi connectivity index (χ3v) is 7.16. The second-order valence-electron chi connectivity index (χ2n) is 8.12. The molecule has 0 saturated carbocycles. The normalized spacial score (nSPS) is 22.9. The highest BCUT2D eigenvalue weighted by Crippen LogP contribution is 2.37. The van der Waals surface area contributed by atoms with Gasteiger partial charge in [0.05, 0.1) is 6.07 Å². The van der Waals surface area contributed by atoms with Crippen molar-refractivity contribution < 1.29 is 0 Å². The van der Waals surface area contributed by atoms with Crippen LogP contribution < -0.4 is 5.32 Å². The lowest BCUT2D eigenvalue weighted by molar-refractivity contribution is 0.116. The summed E-state index contributed by atoms with van der Waals surface area (Å²) in [7, 11) is 2.18. The van der Waals surface area contributed by atoms with Crippen molar-refractivity contribution in [2.45, 2.75) is 30.8 Å². The molecule has 0 spiro atoms. The summed E-state index contributed by atoms with van der Waals surface area (Å²) in [5, 5.41) is 14.0. The summed E-state index contributed by atoms with van der Waals surface area (Å²) in [6.45, 7) is 4.62. The molecule has 0 bridgehead atoms. The molecule has 2 saturated heterocycles. The van der Waals surface area contributed by atoms with E-state index in [1.807, 2.05) is 24.5 Å². The van der Waals surface area contributed by atoms with Gasteiger partial charge in [0.1, 0.15) is 5.54 Å². The minimum absolute atomic E-state index is 0.394. The van der Waals surface area contributed by atoms with E-state index in [4.69, 9.17) is 0 Å². The minimum Gasteiger partial charge on any atom is -0.314 e. The van der Waals surface area contributed by atoms with Gasteiger partial charge in [-0.2, -0.15) is 5.26 Å². The molecule has 0 radical (unpaired) electrons. The van der Waals surface area contributed by atoms with E-state index in [9.17, 15) is 5.26 Å². The number of rotatable bonds is 5. The maximum Gasteiger partial charge on any atom is 0.140 e. The Morgan fingerprint density at radius 1 is 1.24 bits per heavy atom. The molecule has 2 aliphatic rings. The molecule has 1 N–H and O–H groups in total. The Kier molecular flexibility index (Phi) is 6.31. The van der Waals surface area contributed by atoms with E-state index in [0.29, 0.717) is 12.5 Å². The Bertz CT molecular complexity index is 889. The van der Waals surface area contributed by atoms with Gasteiger partial charge in [0.15, 0.2) is 0 Å². The van der Waals surface area contributed by atoms with Crippen LogP contribution in [-0.4, -0.2) is 54.6 Å². The molecule has 0 amide bonds. The zero-order valence-corrected chi connectivity index (χ0v) is 18.5. The molecule has 0 aliphatic carbocycles. The summed E-state index contributed by atoms with van der Waals surface area (Å²) in [4.78, 5) is 9.34. The Hall–Kier alpha value is -1.78. The SMILES string of the molecule is CN1CCC[C@H]1c1cncc(C(C#N)(Cc2ccccc2Br)N2CCNCC2)c1. The molecule has 6 heteroatoms. The van der Waals surface area contributed by atoms with E-state index in [2.05, 4.69) is 67.3 Å². The van der Waals surface area contributed by atoms with Gasteiger partial charge in [-0.3, -0.25) is 14.8 Å². The van der Waals surface area contributed by atoms with Crippen LogP contribution in [0.25, 0.3) is 0 Å². The largest absolute Gasteiger partial charge is 0.314 e. The number of nitrogens with one attached hydrogen (secondary N) is 1. The van der Waals surface area contributed by atoms with Gasteiger partial charge in [-0.15, -0.1) is 0 Å². The van der Waals surface area contributed by atoms with Gasteiger partial charge < -0.3 is 5.32 Å². The molecule has 2 aliphatic heterocycles. The van der Waals surface area contributed by atoms with Gasteiger partial charge in [0, 0.05) is 61.1 Å². The monoisotopic (exact) mass is 453 g/mol. The fraction of sp³-hybridized carbons (Fsp3) is 0.478. The van der Waals surface area contributed by atoms with Crippen LogP contribution >= 0.6 is 15.9 Å². The molecule has 1 aromatic heterocycles. The topological polar surface area (TPSA) is 55.2 Å². The standard InChI is InChI=1S/C23H28BrN5/c1-28-10-4-7-22(28)19-13-20(16-27-15-19)23(17-25,29-11-8-26-9-12-29)14-18-5-2-3-6-21(18)24/h2-3,5-6,13,15-16,22,26H,4,7-12,14H2,1H3/t22-,23?/m0/s1. The summed E-state index contributed by atoms with van der Waals surface area (Å²) >= 11 is 3.69. The zero-order valence-electron chi connectivity index (χ0n) is 16.9. The Morgan fingerprint density at radius 2 is 2.03 bits per heavy atom. The third kappa shape index (κ3) is 4.10. The molecule has 152 valence electrons. The number of piperazine rings is 1. The summed E-state index contributed by atoms with van der Waals surface area (Å²) in [6, 6.07) is 13.6. The number of benzene rings is 1. The molecule has 1 aromatic carbocycles. The Labute approximate surface area is 181 Å². The molecule has 5 nitrogen and oxygen atoms in total. The molecule has 3 heterocycles. The van der Waals surface area contributed by atoms with E-state index < -0.39 is 5.54 Å². The van der Waals surface area contributed by atoms with Crippen LogP contribution in [0.1, 0.15) is 35.6 Å². The average Bonchev–Trinajstić information content (AvgIpc) is 3.20. The number of nitriles is 1. The molecule has 2 atom stereocenters. The van der Waals surface area contributed by atoms with Crippen LogP contribution in [0.5, 0.6) is 0 Å². The van der Waals surface area contributed by atoms with Crippen LogP contribution in [0.4, 0.5) is 0 Å². The number of halogens is 1. The van der Waals surface area contributed by atoms with Crippen molar-refractivity contribution in [3.8, 4) is 6.07 Å². The highest BCUT2D eigenvalue weighted by atomic mass is 79.9. The molecule has 2 aromatic rings. The molecule has 4 rings (SSSR count). The molecule has 2 fully saturated rings. The highest BCUT2D eigenvalue weighted by molar-refractivity contribution is 9.10. The first kappa shape index (κ1) is 20.5. The molecule has 29 heavy (non-hydrogen) atoms. The van der Waals surface area contributed by atoms with Crippen LogP contribution in [0, 0.1) is 11.3 Å². The van der Waals surface area contributed by atoms with E-state index in [1.165, 1.54) is 12.0 Å². The average molecular weight is 454 g/mol. The third-order valence-electron chi connectivity index (χ3n) is 6.39. The van der Waals surface area contributed by atoms with Crippen molar-refractivity contribution in [1.82, 2.24) is 20.1 Å². The lowest BCUT2D eigenvalue weighted by atomic mass is 9.82. The number of likely N-dealkylation sites (tertiary alicyclic amines) is 1. The number of hydrogen-bond donors (Lipinski definition) is 1. The first-order chi connectivity index (χ1) is 14.1. The second-order valence-corrected chi connectivity index (χ2v) is 8.98. The summed E-state index contributed by atoms with van der Waals surface area (Å²) < 4.78 is 1.05. The first-order valence-corrected chi connectivity index (χ1v) is 11.2. The van der Waals surface area contributed by atoms with Gasteiger partial charge in [-0.05, 0) is 49.7 Å². The van der Waals surface area contributed by atoms with Crippen molar-refractivity contribution in [2.24, 2.45) is 0 Å². The first-order valence-electron chi connectivity index (χ1n) is 10.4. The van der Waals surface area contributed by atoms with Gasteiger partial charge in [0.2, 0.25) is 0 Å². The quantitative estimate of drug-likeness (QED) is 0.750. The number of nitrogens with zero attached hydrogens (tertiary/aromatic N) is 4. The summed E-state index contributed by atoms with van der Waals surface area (Å²) in [6.07, 6.45) is 6.88. The lowest BCUT2D eigenvalue weighted by Crippen LogP contribution is -2.55. The maximum atomic E-state index is 10.6. The van der Waals surface area contributed by atoms with Crippen molar-refractivity contribution in [3.63, 3.8) is 0 Å². The maximum absolute atomic E-state index is 10.6. The van der Waals surface area contributed by atoms with Crippen LogP contribution in [0.15, 0.2) is 47.2 Å². The van der Waals surface area contributed by atoms with Gasteiger partial charge in [0.25, 0.3) is 0 Å². The number of pyridine rings is 1. The van der Waals surface area contributed by atoms with Crippen LogP contribution in [-0.2, 0) is 12.0 Å². The highest BCUT2D eigenvalue weighted by Gasteiger charge is 2.41.